The molecule has 1 aromatic rings. The third kappa shape index (κ3) is 2.45. The summed E-state index contributed by atoms with van der Waals surface area (Å²) in [4.78, 5) is 0. The van der Waals surface area contributed by atoms with Gasteiger partial charge >= 0.3 is 0 Å². The smallest absolute Gasteiger partial charge is 0.0623 e. The Kier molecular flexibility index (Phi) is 3.67. The summed E-state index contributed by atoms with van der Waals surface area (Å²) in [6, 6.07) is 11.4. The van der Waals surface area contributed by atoms with Crippen LogP contribution in [0.25, 0.3) is 0 Å². The zero-order chi connectivity index (χ0) is 12.4. The van der Waals surface area contributed by atoms with Crippen LogP contribution in [0.2, 0.25) is 0 Å². The molecule has 0 aliphatic carbocycles. The molecule has 2 aliphatic heterocycles. The van der Waals surface area contributed by atoms with E-state index in [9.17, 15) is 0 Å². The van der Waals surface area contributed by atoms with E-state index >= 15 is 0 Å². The average Bonchev–Trinajstić information content (AvgIpc) is 3.03. The van der Waals surface area contributed by atoms with Crippen LogP contribution in [0.3, 0.4) is 0 Å². The Morgan fingerprint density at radius 3 is 2.72 bits per heavy atom. The van der Waals surface area contributed by atoms with E-state index in [0.29, 0.717) is 18.2 Å². The van der Waals surface area contributed by atoms with E-state index < -0.39 is 0 Å². The molecule has 0 amide bonds. The molecule has 1 N–H and O–H groups in total. The van der Waals surface area contributed by atoms with Gasteiger partial charge in [-0.25, -0.2) is 0 Å². The first-order valence-corrected chi connectivity index (χ1v) is 7.23. The van der Waals surface area contributed by atoms with E-state index in [-0.39, 0.29) is 0 Å². The monoisotopic (exact) mass is 245 g/mol. The van der Waals surface area contributed by atoms with E-state index in [2.05, 4.69) is 42.7 Å². The van der Waals surface area contributed by atoms with Crippen molar-refractivity contribution >= 4 is 0 Å². The topological polar surface area (TPSA) is 21.3 Å². The number of ether oxygens (including phenoxy) is 1. The number of nitrogens with one attached hydrogen (secondary N) is 1. The summed E-state index contributed by atoms with van der Waals surface area (Å²) in [5.41, 5.74) is 1.45. The lowest BCUT2D eigenvalue weighted by molar-refractivity contribution is 0.0856. The molecule has 0 spiro atoms. The van der Waals surface area contributed by atoms with Gasteiger partial charge in [0.05, 0.1) is 12.2 Å². The minimum atomic E-state index is 0.531. The van der Waals surface area contributed by atoms with Crippen LogP contribution < -0.4 is 5.32 Å². The van der Waals surface area contributed by atoms with Crippen molar-refractivity contribution in [1.29, 1.82) is 0 Å². The minimum Gasteiger partial charge on any atom is -0.375 e. The summed E-state index contributed by atoms with van der Waals surface area (Å²) in [6.07, 6.45) is 7.31. The van der Waals surface area contributed by atoms with Crippen LogP contribution in [0, 0.1) is 5.92 Å². The average molecular weight is 245 g/mol. The second-order valence-corrected chi connectivity index (χ2v) is 5.69. The van der Waals surface area contributed by atoms with Gasteiger partial charge in [-0.15, -0.1) is 0 Å². The molecule has 1 aromatic carbocycles. The van der Waals surface area contributed by atoms with Crippen LogP contribution in [-0.2, 0) is 11.2 Å². The highest BCUT2D eigenvalue weighted by Gasteiger charge is 2.43. The Balaban J connectivity index is 1.57. The third-order valence-electron chi connectivity index (χ3n) is 4.63. The second-order valence-electron chi connectivity index (χ2n) is 5.69. The summed E-state index contributed by atoms with van der Waals surface area (Å²) in [6.45, 7) is 0. The van der Waals surface area contributed by atoms with Gasteiger partial charge in [-0.05, 0) is 44.7 Å². The van der Waals surface area contributed by atoms with Gasteiger partial charge in [0.15, 0.2) is 0 Å². The van der Waals surface area contributed by atoms with Gasteiger partial charge in [-0.2, -0.15) is 0 Å². The molecule has 2 saturated heterocycles. The van der Waals surface area contributed by atoms with Crippen molar-refractivity contribution in [3.05, 3.63) is 35.9 Å². The highest BCUT2D eigenvalue weighted by atomic mass is 16.5. The zero-order valence-electron chi connectivity index (χ0n) is 11.1. The molecule has 2 aliphatic rings. The molecule has 2 heteroatoms. The predicted octanol–water partition coefficient (Wildman–Crippen LogP) is 2.77. The number of rotatable bonds is 5. The molecule has 2 bridgehead atoms. The molecule has 4 unspecified atom stereocenters. The van der Waals surface area contributed by atoms with E-state index in [1.807, 2.05) is 0 Å². The van der Waals surface area contributed by atoms with Crippen LogP contribution in [-0.4, -0.2) is 25.3 Å². The first-order valence-electron chi connectivity index (χ1n) is 7.23. The fourth-order valence-electron chi connectivity index (χ4n) is 3.64. The summed E-state index contributed by atoms with van der Waals surface area (Å²) in [5, 5.41) is 3.52. The van der Waals surface area contributed by atoms with Crippen molar-refractivity contribution in [3.8, 4) is 0 Å². The van der Waals surface area contributed by atoms with Crippen LogP contribution in [0.15, 0.2) is 30.3 Å². The molecule has 4 atom stereocenters. The first kappa shape index (κ1) is 12.2. The van der Waals surface area contributed by atoms with Crippen molar-refractivity contribution in [2.75, 3.05) is 7.05 Å². The lowest BCUT2D eigenvalue weighted by Gasteiger charge is -2.28. The molecular formula is C16H23NO. The van der Waals surface area contributed by atoms with Crippen molar-refractivity contribution in [1.82, 2.24) is 5.32 Å². The maximum Gasteiger partial charge on any atom is 0.0623 e. The lowest BCUT2D eigenvalue weighted by atomic mass is 9.82. The summed E-state index contributed by atoms with van der Waals surface area (Å²) in [7, 11) is 2.10. The molecule has 3 rings (SSSR count). The first-order chi connectivity index (χ1) is 8.86. The number of hydrogen-bond acceptors (Lipinski definition) is 2. The Bertz CT molecular complexity index is 378. The Morgan fingerprint density at radius 1 is 1.28 bits per heavy atom. The van der Waals surface area contributed by atoms with Crippen molar-refractivity contribution in [3.63, 3.8) is 0 Å². The van der Waals surface area contributed by atoms with E-state index in [1.54, 1.807) is 0 Å². The van der Waals surface area contributed by atoms with Crippen LogP contribution in [0.5, 0.6) is 0 Å². The van der Waals surface area contributed by atoms with Gasteiger partial charge in [-0.1, -0.05) is 30.3 Å². The largest absolute Gasteiger partial charge is 0.375 e. The van der Waals surface area contributed by atoms with Crippen molar-refractivity contribution in [2.45, 2.75) is 50.4 Å². The summed E-state index contributed by atoms with van der Waals surface area (Å²) >= 11 is 0. The van der Waals surface area contributed by atoms with E-state index in [0.717, 1.165) is 5.92 Å². The Hall–Kier alpha value is -0.860. The number of benzene rings is 1. The number of fused-ring (bicyclic) bond motifs is 2. The Morgan fingerprint density at radius 2 is 2.11 bits per heavy atom. The highest BCUT2D eigenvalue weighted by molar-refractivity contribution is 5.15. The van der Waals surface area contributed by atoms with Crippen molar-refractivity contribution in [2.24, 2.45) is 5.92 Å². The van der Waals surface area contributed by atoms with Crippen molar-refractivity contribution < 1.29 is 4.74 Å². The number of hydrogen-bond donors (Lipinski definition) is 1. The van der Waals surface area contributed by atoms with Gasteiger partial charge < -0.3 is 10.1 Å². The fourth-order valence-corrected chi connectivity index (χ4v) is 3.64. The zero-order valence-corrected chi connectivity index (χ0v) is 11.1. The van der Waals surface area contributed by atoms with E-state index in [1.165, 1.54) is 37.7 Å². The molecular weight excluding hydrogens is 222 g/mol. The molecule has 2 nitrogen and oxygen atoms in total. The van der Waals surface area contributed by atoms with Gasteiger partial charge in [-0.3, -0.25) is 0 Å². The molecule has 98 valence electrons. The van der Waals surface area contributed by atoms with Crippen LogP contribution in [0.1, 0.15) is 31.2 Å². The van der Waals surface area contributed by atoms with Gasteiger partial charge in [0.1, 0.15) is 0 Å². The SMILES string of the molecule is CNC(CCc1ccccc1)C1CC2CCC1O2. The maximum atomic E-state index is 5.98. The van der Waals surface area contributed by atoms with Gasteiger partial charge in [0.2, 0.25) is 0 Å². The lowest BCUT2D eigenvalue weighted by Crippen LogP contribution is -2.39. The van der Waals surface area contributed by atoms with Crippen LogP contribution >= 0.6 is 0 Å². The third-order valence-corrected chi connectivity index (χ3v) is 4.63. The van der Waals surface area contributed by atoms with Gasteiger partial charge in [0, 0.05) is 12.0 Å². The summed E-state index contributed by atoms with van der Waals surface area (Å²) in [5.74, 6) is 0.734. The molecule has 2 fully saturated rings. The molecule has 2 heterocycles. The van der Waals surface area contributed by atoms with Gasteiger partial charge in [0.25, 0.3) is 0 Å². The normalized spacial score (nSPS) is 31.7. The fraction of sp³-hybridized carbons (Fsp3) is 0.625. The van der Waals surface area contributed by atoms with Crippen LogP contribution in [0.4, 0.5) is 0 Å². The number of aryl methyl sites for hydroxylation is 1. The maximum absolute atomic E-state index is 5.98. The standard InChI is InChI=1S/C16H23NO/c1-17-15(9-7-12-5-3-2-4-6-12)14-11-13-8-10-16(14)18-13/h2-6,13-17H,7-11H2,1H3. The highest BCUT2D eigenvalue weighted by Crippen LogP contribution is 2.41. The van der Waals surface area contributed by atoms with E-state index in [4.69, 9.17) is 4.74 Å². The minimum absolute atomic E-state index is 0.531. The quantitative estimate of drug-likeness (QED) is 0.861. The summed E-state index contributed by atoms with van der Waals surface area (Å²) < 4.78 is 5.98. The molecule has 0 saturated carbocycles. The molecule has 18 heavy (non-hydrogen) atoms. The Labute approximate surface area is 110 Å². The predicted molar refractivity (Wildman–Crippen MR) is 73.6 cm³/mol. The molecule has 0 aromatic heterocycles. The molecule has 0 radical (unpaired) electrons. The second kappa shape index (κ2) is 5.41.